The number of anilines is 1. The molecule has 5 nitrogen and oxygen atoms in total. The van der Waals surface area contributed by atoms with Crippen LogP contribution in [-0.4, -0.2) is 23.0 Å². The number of nitrogens with zero attached hydrogens (tertiary/aromatic N) is 3. The van der Waals surface area contributed by atoms with Crippen LogP contribution in [-0.2, 0) is 0 Å². The van der Waals surface area contributed by atoms with Crippen molar-refractivity contribution in [2.24, 2.45) is 0 Å². The maximum atomic E-state index is 11.3. The molecule has 2 heterocycles. The summed E-state index contributed by atoms with van der Waals surface area (Å²) < 4.78 is 1.10. The minimum atomic E-state index is -0.330. The first-order valence-corrected chi connectivity index (χ1v) is 9.43. The lowest BCUT2D eigenvalue weighted by Gasteiger charge is -2.24. The molecule has 1 saturated heterocycles. The van der Waals surface area contributed by atoms with E-state index in [1.54, 1.807) is 23.5 Å². The zero-order chi connectivity index (χ0) is 17.2. The first-order valence-electron chi connectivity index (χ1n) is 8.62. The molecule has 0 N–H and O–H groups in total. The SMILES string of the molecule is O=[N+]([O-])c1ccc(N2CCCCCC2)c(-c2nc3ccccc3s2)c1. The van der Waals surface area contributed by atoms with E-state index in [-0.39, 0.29) is 10.6 Å². The first kappa shape index (κ1) is 16.0. The lowest BCUT2D eigenvalue weighted by atomic mass is 10.1. The third-order valence-corrected chi connectivity index (χ3v) is 5.73. The van der Waals surface area contributed by atoms with Crippen LogP contribution in [0.4, 0.5) is 11.4 Å². The van der Waals surface area contributed by atoms with E-state index in [9.17, 15) is 10.1 Å². The van der Waals surface area contributed by atoms with Crippen molar-refractivity contribution in [2.75, 3.05) is 18.0 Å². The van der Waals surface area contributed by atoms with Crippen LogP contribution < -0.4 is 4.90 Å². The molecule has 2 aromatic carbocycles. The van der Waals surface area contributed by atoms with Gasteiger partial charge in [0.1, 0.15) is 5.01 Å². The summed E-state index contributed by atoms with van der Waals surface area (Å²) in [5, 5.41) is 12.1. The van der Waals surface area contributed by atoms with Crippen LogP contribution >= 0.6 is 11.3 Å². The number of nitro groups is 1. The van der Waals surface area contributed by atoms with E-state index in [0.29, 0.717) is 0 Å². The predicted molar refractivity (Wildman–Crippen MR) is 102 cm³/mol. The highest BCUT2D eigenvalue weighted by Crippen LogP contribution is 2.38. The van der Waals surface area contributed by atoms with Gasteiger partial charge < -0.3 is 4.90 Å². The second kappa shape index (κ2) is 6.80. The maximum absolute atomic E-state index is 11.3. The highest BCUT2D eigenvalue weighted by molar-refractivity contribution is 7.21. The summed E-state index contributed by atoms with van der Waals surface area (Å²) in [5.74, 6) is 0. The van der Waals surface area contributed by atoms with E-state index in [4.69, 9.17) is 4.98 Å². The third-order valence-electron chi connectivity index (χ3n) is 4.66. The molecule has 0 spiro atoms. The van der Waals surface area contributed by atoms with Crippen molar-refractivity contribution in [1.82, 2.24) is 4.98 Å². The standard InChI is InChI=1S/C19H19N3O2S/c23-22(24)14-9-10-17(21-11-5-1-2-6-12-21)15(13-14)19-20-16-7-3-4-8-18(16)25-19/h3-4,7-10,13H,1-2,5-6,11-12H2. The lowest BCUT2D eigenvalue weighted by Crippen LogP contribution is -2.24. The fourth-order valence-electron chi connectivity index (χ4n) is 3.38. The molecular formula is C19H19N3O2S. The number of nitro benzene ring substituents is 1. The smallest absolute Gasteiger partial charge is 0.270 e. The van der Waals surface area contributed by atoms with Gasteiger partial charge in [-0.3, -0.25) is 10.1 Å². The van der Waals surface area contributed by atoms with Gasteiger partial charge in [-0.15, -0.1) is 11.3 Å². The number of benzene rings is 2. The molecular weight excluding hydrogens is 334 g/mol. The molecule has 0 amide bonds. The van der Waals surface area contributed by atoms with E-state index in [2.05, 4.69) is 4.90 Å². The van der Waals surface area contributed by atoms with Crippen LogP contribution in [0.25, 0.3) is 20.8 Å². The predicted octanol–water partition coefficient (Wildman–Crippen LogP) is 5.25. The summed E-state index contributed by atoms with van der Waals surface area (Å²) in [4.78, 5) is 18.0. The molecule has 1 fully saturated rings. The van der Waals surface area contributed by atoms with Gasteiger partial charge in [-0.2, -0.15) is 0 Å². The number of hydrogen-bond donors (Lipinski definition) is 0. The number of non-ortho nitro benzene ring substituents is 1. The van der Waals surface area contributed by atoms with Crippen LogP contribution in [0.1, 0.15) is 25.7 Å². The van der Waals surface area contributed by atoms with Crippen LogP contribution in [0.15, 0.2) is 42.5 Å². The number of rotatable bonds is 3. The Hall–Kier alpha value is -2.47. The summed E-state index contributed by atoms with van der Waals surface area (Å²) in [5.41, 5.74) is 2.99. The minimum absolute atomic E-state index is 0.118. The Morgan fingerprint density at radius 1 is 1.04 bits per heavy atom. The second-order valence-electron chi connectivity index (χ2n) is 6.35. The van der Waals surface area contributed by atoms with Gasteiger partial charge in [-0.1, -0.05) is 25.0 Å². The molecule has 0 aliphatic carbocycles. The molecule has 4 rings (SSSR count). The molecule has 1 aliphatic rings. The van der Waals surface area contributed by atoms with Gasteiger partial charge in [0.05, 0.1) is 15.1 Å². The van der Waals surface area contributed by atoms with Gasteiger partial charge in [-0.25, -0.2) is 4.98 Å². The van der Waals surface area contributed by atoms with Crippen LogP contribution in [0.5, 0.6) is 0 Å². The van der Waals surface area contributed by atoms with Crippen molar-refractivity contribution < 1.29 is 4.92 Å². The van der Waals surface area contributed by atoms with E-state index in [0.717, 1.165) is 52.4 Å². The molecule has 0 atom stereocenters. The Kier molecular flexibility index (Phi) is 4.36. The third kappa shape index (κ3) is 3.22. The van der Waals surface area contributed by atoms with Gasteiger partial charge in [0, 0.05) is 36.5 Å². The maximum Gasteiger partial charge on any atom is 0.270 e. The fourth-order valence-corrected chi connectivity index (χ4v) is 4.37. The average Bonchev–Trinajstić information content (AvgIpc) is 2.87. The summed E-state index contributed by atoms with van der Waals surface area (Å²) in [6.07, 6.45) is 4.83. The van der Waals surface area contributed by atoms with Crippen molar-refractivity contribution in [1.29, 1.82) is 0 Å². The number of aromatic nitrogens is 1. The van der Waals surface area contributed by atoms with E-state index >= 15 is 0 Å². The van der Waals surface area contributed by atoms with Crippen LogP contribution in [0, 0.1) is 10.1 Å². The average molecular weight is 353 g/mol. The van der Waals surface area contributed by atoms with E-state index < -0.39 is 0 Å². The Labute approximate surface area is 150 Å². The molecule has 25 heavy (non-hydrogen) atoms. The van der Waals surface area contributed by atoms with Crippen molar-refractivity contribution >= 4 is 32.9 Å². The number of fused-ring (bicyclic) bond motifs is 1. The van der Waals surface area contributed by atoms with Crippen molar-refractivity contribution in [3.63, 3.8) is 0 Å². The Morgan fingerprint density at radius 3 is 2.52 bits per heavy atom. The van der Waals surface area contributed by atoms with E-state index in [1.165, 1.54) is 12.8 Å². The Bertz CT molecular complexity index is 881. The molecule has 128 valence electrons. The molecule has 0 bridgehead atoms. The molecule has 6 heteroatoms. The van der Waals surface area contributed by atoms with Crippen molar-refractivity contribution in [2.45, 2.75) is 25.7 Å². The zero-order valence-corrected chi connectivity index (χ0v) is 14.7. The van der Waals surface area contributed by atoms with Gasteiger partial charge >= 0.3 is 0 Å². The van der Waals surface area contributed by atoms with Gasteiger partial charge in [0.2, 0.25) is 0 Å². The Morgan fingerprint density at radius 2 is 1.80 bits per heavy atom. The summed E-state index contributed by atoms with van der Waals surface area (Å²) in [6.45, 7) is 1.99. The van der Waals surface area contributed by atoms with E-state index in [1.807, 2.05) is 30.3 Å². The van der Waals surface area contributed by atoms with Gasteiger partial charge in [-0.05, 0) is 31.0 Å². The zero-order valence-electron chi connectivity index (χ0n) is 13.9. The summed E-state index contributed by atoms with van der Waals surface area (Å²) in [6, 6.07) is 13.2. The summed E-state index contributed by atoms with van der Waals surface area (Å²) >= 11 is 1.59. The normalized spacial score (nSPS) is 15.3. The quantitative estimate of drug-likeness (QED) is 0.476. The molecule has 3 aromatic rings. The number of para-hydroxylation sites is 1. The first-order chi connectivity index (χ1) is 12.2. The number of hydrogen-bond acceptors (Lipinski definition) is 5. The fraction of sp³-hybridized carbons (Fsp3) is 0.316. The van der Waals surface area contributed by atoms with Crippen molar-refractivity contribution in [3.05, 3.63) is 52.6 Å². The number of thiazole rings is 1. The van der Waals surface area contributed by atoms with Crippen LogP contribution in [0.2, 0.25) is 0 Å². The molecule has 1 aliphatic heterocycles. The highest BCUT2D eigenvalue weighted by atomic mass is 32.1. The molecule has 0 unspecified atom stereocenters. The molecule has 1 aromatic heterocycles. The van der Waals surface area contributed by atoms with Gasteiger partial charge in [0.15, 0.2) is 0 Å². The van der Waals surface area contributed by atoms with Gasteiger partial charge in [0.25, 0.3) is 5.69 Å². The topological polar surface area (TPSA) is 59.3 Å². The largest absolute Gasteiger partial charge is 0.371 e. The monoisotopic (exact) mass is 353 g/mol. The minimum Gasteiger partial charge on any atom is -0.371 e. The second-order valence-corrected chi connectivity index (χ2v) is 7.38. The van der Waals surface area contributed by atoms with Crippen molar-refractivity contribution in [3.8, 4) is 10.6 Å². The highest BCUT2D eigenvalue weighted by Gasteiger charge is 2.20. The van der Waals surface area contributed by atoms with Crippen LogP contribution in [0.3, 0.4) is 0 Å². The lowest BCUT2D eigenvalue weighted by molar-refractivity contribution is -0.384. The Balaban J connectivity index is 1.84. The molecule has 0 radical (unpaired) electrons. The summed E-state index contributed by atoms with van der Waals surface area (Å²) in [7, 11) is 0. The molecule has 0 saturated carbocycles.